The van der Waals surface area contributed by atoms with Crippen LogP contribution in [0.4, 0.5) is 0 Å². The van der Waals surface area contributed by atoms with Gasteiger partial charge in [0.2, 0.25) is 0 Å². The quantitative estimate of drug-likeness (QED) is 0.426. The molecular weight excluding hydrogens is 392 g/mol. The highest BCUT2D eigenvalue weighted by Gasteiger charge is 2.10. The molecule has 5 heteroatoms. The first-order chi connectivity index (χ1) is 14.7. The summed E-state index contributed by atoms with van der Waals surface area (Å²) in [4.78, 5) is 17.8. The summed E-state index contributed by atoms with van der Waals surface area (Å²) < 4.78 is 8.44. The van der Waals surface area contributed by atoms with Crippen molar-refractivity contribution in [3.05, 3.63) is 83.2 Å². The maximum Gasteiger partial charge on any atom is 0.279 e. The van der Waals surface area contributed by atoms with Crippen molar-refractivity contribution >= 4 is 27.5 Å². The Balaban J connectivity index is 1.70. The van der Waals surface area contributed by atoms with Gasteiger partial charge in [-0.25, -0.2) is 0 Å². The highest BCUT2D eigenvalue weighted by molar-refractivity contribution is 7.16. The third-order valence-electron chi connectivity index (χ3n) is 4.65. The molecule has 0 saturated carbocycles. The van der Waals surface area contributed by atoms with Crippen molar-refractivity contribution in [3.63, 3.8) is 0 Å². The Hall–Kier alpha value is -3.62. The minimum Gasteiger partial charge on any atom is -0.494 e. The van der Waals surface area contributed by atoms with Crippen molar-refractivity contribution < 1.29 is 9.53 Å². The van der Waals surface area contributed by atoms with Gasteiger partial charge in [-0.15, -0.1) is 6.42 Å². The first-order valence-electron chi connectivity index (χ1n) is 9.64. The van der Waals surface area contributed by atoms with Gasteiger partial charge < -0.3 is 9.30 Å². The van der Waals surface area contributed by atoms with Crippen LogP contribution in [0.25, 0.3) is 21.3 Å². The second kappa shape index (κ2) is 8.81. The fraction of sp³-hybridized carbons (Fsp3) is 0.120. The molecule has 3 aromatic carbocycles. The highest BCUT2D eigenvalue weighted by Crippen LogP contribution is 2.24. The normalized spacial score (nSPS) is 11.4. The summed E-state index contributed by atoms with van der Waals surface area (Å²) >= 11 is 1.43. The van der Waals surface area contributed by atoms with Gasteiger partial charge in [-0.2, -0.15) is 4.99 Å². The Labute approximate surface area is 179 Å². The number of carbonyl (C=O) groups excluding carboxylic acids is 1. The second-order valence-corrected chi connectivity index (χ2v) is 7.61. The molecule has 1 amide bonds. The Morgan fingerprint density at radius 1 is 1.07 bits per heavy atom. The number of thiazole rings is 1. The van der Waals surface area contributed by atoms with Gasteiger partial charge in [0.05, 0.1) is 23.4 Å². The number of fused-ring (bicyclic) bond motifs is 1. The van der Waals surface area contributed by atoms with E-state index in [2.05, 4.69) is 10.9 Å². The Kier molecular flexibility index (Phi) is 5.78. The molecule has 0 atom stereocenters. The van der Waals surface area contributed by atoms with Crippen LogP contribution in [-0.2, 0) is 6.54 Å². The average molecular weight is 413 g/mol. The van der Waals surface area contributed by atoms with Crippen LogP contribution < -0.4 is 9.54 Å². The van der Waals surface area contributed by atoms with Gasteiger partial charge in [0.15, 0.2) is 4.80 Å². The van der Waals surface area contributed by atoms with E-state index in [9.17, 15) is 4.79 Å². The molecule has 148 valence electrons. The molecule has 1 aromatic heterocycles. The molecule has 4 nitrogen and oxygen atoms in total. The lowest BCUT2D eigenvalue weighted by Crippen LogP contribution is -2.16. The molecule has 0 spiro atoms. The van der Waals surface area contributed by atoms with E-state index >= 15 is 0 Å². The summed E-state index contributed by atoms with van der Waals surface area (Å²) in [6, 6.07) is 23.3. The van der Waals surface area contributed by atoms with Crippen molar-refractivity contribution in [1.29, 1.82) is 0 Å². The maximum absolute atomic E-state index is 12.8. The zero-order valence-corrected chi connectivity index (χ0v) is 17.4. The summed E-state index contributed by atoms with van der Waals surface area (Å²) in [5.74, 6) is 3.14. The zero-order valence-electron chi connectivity index (χ0n) is 16.5. The van der Waals surface area contributed by atoms with Gasteiger partial charge in [0.1, 0.15) is 5.75 Å². The molecule has 0 fully saturated rings. The lowest BCUT2D eigenvalue weighted by molar-refractivity contribution is 0.0998. The molecule has 0 radical (unpaired) electrons. The summed E-state index contributed by atoms with van der Waals surface area (Å²) in [5, 5.41) is 0. The number of rotatable bonds is 5. The van der Waals surface area contributed by atoms with Crippen molar-refractivity contribution in [3.8, 4) is 29.2 Å². The standard InChI is InChI=1S/C25H20N2O2S/c1-3-16-27-22-15-14-21(29-4-2)17-23(22)30-25(27)26-24(28)20-12-10-19(11-13-20)18-8-6-5-7-9-18/h1,5-15,17H,4,16H2,2H3. The Bertz CT molecular complexity index is 1290. The Morgan fingerprint density at radius 3 is 2.50 bits per heavy atom. The zero-order chi connectivity index (χ0) is 20.9. The summed E-state index contributed by atoms with van der Waals surface area (Å²) in [5.41, 5.74) is 3.64. The minimum absolute atomic E-state index is 0.294. The van der Waals surface area contributed by atoms with Gasteiger partial charge in [0, 0.05) is 5.56 Å². The van der Waals surface area contributed by atoms with E-state index in [4.69, 9.17) is 11.2 Å². The average Bonchev–Trinajstić information content (AvgIpc) is 3.11. The Morgan fingerprint density at radius 2 is 1.80 bits per heavy atom. The number of carbonyl (C=O) groups is 1. The van der Waals surface area contributed by atoms with Crippen LogP contribution in [0, 0.1) is 12.3 Å². The van der Waals surface area contributed by atoms with Crippen LogP contribution in [0.15, 0.2) is 77.8 Å². The predicted molar refractivity (Wildman–Crippen MR) is 122 cm³/mol. The smallest absolute Gasteiger partial charge is 0.279 e. The lowest BCUT2D eigenvalue weighted by Gasteiger charge is -2.04. The molecule has 0 aliphatic carbocycles. The largest absolute Gasteiger partial charge is 0.494 e. The van der Waals surface area contributed by atoms with Crippen molar-refractivity contribution in [2.75, 3.05) is 6.61 Å². The number of hydrogen-bond acceptors (Lipinski definition) is 3. The van der Waals surface area contributed by atoms with Crippen molar-refractivity contribution in [1.82, 2.24) is 4.57 Å². The van der Waals surface area contributed by atoms with E-state index in [1.807, 2.05) is 72.2 Å². The molecule has 0 bridgehead atoms. The van der Waals surface area contributed by atoms with Crippen LogP contribution in [0.1, 0.15) is 17.3 Å². The van der Waals surface area contributed by atoms with Gasteiger partial charge in [0.25, 0.3) is 5.91 Å². The fourth-order valence-corrected chi connectivity index (χ4v) is 4.28. The number of benzene rings is 3. The molecule has 0 unspecified atom stereocenters. The van der Waals surface area contributed by atoms with Crippen LogP contribution in [0.3, 0.4) is 0 Å². The van der Waals surface area contributed by atoms with Crippen LogP contribution in [0.2, 0.25) is 0 Å². The number of nitrogens with zero attached hydrogens (tertiary/aromatic N) is 2. The molecule has 0 aliphatic heterocycles. The first kappa shape index (κ1) is 19.7. The number of aromatic nitrogens is 1. The molecule has 4 aromatic rings. The predicted octanol–water partition coefficient (Wildman–Crippen LogP) is 5.14. The topological polar surface area (TPSA) is 43.6 Å². The van der Waals surface area contributed by atoms with E-state index < -0.39 is 0 Å². The molecule has 0 aliphatic rings. The number of amides is 1. The van der Waals surface area contributed by atoms with Crippen LogP contribution in [0.5, 0.6) is 5.75 Å². The van der Waals surface area contributed by atoms with E-state index in [-0.39, 0.29) is 5.91 Å². The molecule has 1 heterocycles. The highest BCUT2D eigenvalue weighted by atomic mass is 32.1. The molecule has 0 saturated heterocycles. The van der Waals surface area contributed by atoms with Crippen LogP contribution in [-0.4, -0.2) is 17.1 Å². The van der Waals surface area contributed by atoms with Gasteiger partial charge in [-0.3, -0.25) is 4.79 Å². The first-order valence-corrected chi connectivity index (χ1v) is 10.5. The van der Waals surface area contributed by atoms with Gasteiger partial charge >= 0.3 is 0 Å². The number of hydrogen-bond donors (Lipinski definition) is 0. The maximum atomic E-state index is 12.8. The fourth-order valence-electron chi connectivity index (χ4n) is 3.23. The number of terminal acetylenes is 1. The van der Waals surface area contributed by atoms with Crippen molar-refractivity contribution in [2.45, 2.75) is 13.5 Å². The SMILES string of the molecule is C#CCn1c(=NC(=O)c2ccc(-c3ccccc3)cc2)sc2cc(OCC)ccc21. The minimum atomic E-state index is -0.294. The molecular formula is C25H20N2O2S. The summed E-state index contributed by atoms with van der Waals surface area (Å²) in [6.07, 6.45) is 5.55. The third kappa shape index (κ3) is 4.05. The van der Waals surface area contributed by atoms with Gasteiger partial charge in [-0.05, 0) is 48.4 Å². The van der Waals surface area contributed by atoms with E-state index in [1.165, 1.54) is 11.3 Å². The molecule has 0 N–H and O–H groups in total. The van der Waals surface area contributed by atoms with E-state index in [0.717, 1.165) is 27.1 Å². The summed E-state index contributed by atoms with van der Waals surface area (Å²) in [7, 11) is 0. The van der Waals surface area contributed by atoms with Crippen molar-refractivity contribution in [2.24, 2.45) is 4.99 Å². The molecule has 30 heavy (non-hydrogen) atoms. The molecule has 4 rings (SSSR count). The number of ether oxygens (including phenoxy) is 1. The van der Waals surface area contributed by atoms with Gasteiger partial charge in [-0.1, -0.05) is 59.7 Å². The lowest BCUT2D eigenvalue weighted by atomic mass is 10.0. The summed E-state index contributed by atoms with van der Waals surface area (Å²) in [6.45, 7) is 2.88. The second-order valence-electron chi connectivity index (χ2n) is 6.60. The third-order valence-corrected chi connectivity index (χ3v) is 5.69. The van der Waals surface area contributed by atoms with E-state index in [1.54, 1.807) is 12.1 Å². The van der Waals surface area contributed by atoms with Crippen LogP contribution >= 0.6 is 11.3 Å². The monoisotopic (exact) mass is 412 g/mol. The van der Waals surface area contributed by atoms with E-state index in [0.29, 0.717) is 23.5 Å².